The molecule has 150 valence electrons. The summed E-state index contributed by atoms with van der Waals surface area (Å²) in [5, 5.41) is 13.5. The molecule has 3 rings (SSSR count). The van der Waals surface area contributed by atoms with E-state index in [-0.39, 0.29) is 35.0 Å². The Morgan fingerprint density at radius 3 is 2.21 bits per heavy atom. The van der Waals surface area contributed by atoms with Crippen molar-refractivity contribution in [2.45, 2.75) is 26.8 Å². The van der Waals surface area contributed by atoms with Gasteiger partial charge in [-0.05, 0) is 41.7 Å². The highest BCUT2D eigenvalue weighted by atomic mass is 16.4. The first-order valence-electron chi connectivity index (χ1n) is 9.36. The van der Waals surface area contributed by atoms with Crippen molar-refractivity contribution >= 4 is 23.7 Å². The number of carbonyl (C=O) groups excluding carboxylic acids is 4. The van der Waals surface area contributed by atoms with E-state index >= 15 is 0 Å². The number of nitrogens with zero attached hydrogens (tertiary/aromatic N) is 1. The molecule has 1 aliphatic rings. The van der Waals surface area contributed by atoms with Crippen LogP contribution in [0.5, 0.6) is 0 Å². The fourth-order valence-corrected chi connectivity index (χ4v) is 3.07. The number of rotatable bonds is 7. The van der Waals surface area contributed by atoms with Gasteiger partial charge in [0.15, 0.2) is 0 Å². The van der Waals surface area contributed by atoms with Crippen LogP contribution in [0, 0.1) is 5.92 Å². The fourth-order valence-electron chi connectivity index (χ4n) is 3.07. The predicted octanol–water partition coefficient (Wildman–Crippen LogP) is 1.62. The predicted molar refractivity (Wildman–Crippen MR) is 103 cm³/mol. The summed E-state index contributed by atoms with van der Waals surface area (Å²) in [6.45, 7) is 4.59. The molecule has 0 unspecified atom stereocenters. The molecule has 7 heteroatoms. The minimum absolute atomic E-state index is 0.0592. The Morgan fingerprint density at radius 1 is 0.966 bits per heavy atom. The number of aromatic carboxylic acids is 1. The summed E-state index contributed by atoms with van der Waals surface area (Å²) in [4.78, 5) is 49.5. The second-order valence-electron chi connectivity index (χ2n) is 7.37. The number of imide groups is 1. The highest BCUT2D eigenvalue weighted by Gasteiger charge is 2.35. The summed E-state index contributed by atoms with van der Waals surface area (Å²) < 4.78 is 0. The standard InChI is InChI=1S/C22H22N2O5/c1-13(2)9-10-24-20(26)17-8-7-16(11-18(17)21(24)27)19(25)23-12-14-3-5-15(6-4-14)22(28)29/h3-8,11,13H,9-10,12H2,1-2H3,(H,23,25)(H,28,29)/p-1. The second-order valence-corrected chi connectivity index (χ2v) is 7.37. The molecule has 29 heavy (non-hydrogen) atoms. The number of carboxylic acids is 1. The van der Waals surface area contributed by atoms with Crippen LogP contribution in [0.4, 0.5) is 0 Å². The van der Waals surface area contributed by atoms with E-state index in [4.69, 9.17) is 0 Å². The van der Waals surface area contributed by atoms with Crippen molar-refractivity contribution in [1.82, 2.24) is 10.2 Å². The largest absolute Gasteiger partial charge is 0.545 e. The van der Waals surface area contributed by atoms with Crippen molar-refractivity contribution in [3.05, 3.63) is 70.3 Å². The Hall–Kier alpha value is -3.48. The minimum Gasteiger partial charge on any atom is -0.545 e. The molecule has 0 bridgehead atoms. The zero-order valence-electron chi connectivity index (χ0n) is 16.2. The molecular formula is C22H21N2O5-. The summed E-state index contributed by atoms with van der Waals surface area (Å²) in [5.41, 5.74) is 1.61. The Labute approximate surface area is 168 Å². The van der Waals surface area contributed by atoms with E-state index < -0.39 is 11.9 Å². The zero-order chi connectivity index (χ0) is 21.1. The molecule has 0 spiro atoms. The third-order valence-electron chi connectivity index (χ3n) is 4.81. The maximum Gasteiger partial charge on any atom is 0.261 e. The smallest absolute Gasteiger partial charge is 0.261 e. The molecule has 0 fully saturated rings. The lowest BCUT2D eigenvalue weighted by atomic mass is 10.1. The molecule has 2 aromatic carbocycles. The number of hydrogen-bond donors (Lipinski definition) is 1. The Morgan fingerprint density at radius 2 is 1.59 bits per heavy atom. The van der Waals surface area contributed by atoms with Crippen LogP contribution in [-0.4, -0.2) is 35.1 Å². The van der Waals surface area contributed by atoms with E-state index in [1.807, 2.05) is 13.8 Å². The van der Waals surface area contributed by atoms with Crippen LogP contribution in [-0.2, 0) is 6.54 Å². The van der Waals surface area contributed by atoms with Gasteiger partial charge in [0, 0.05) is 18.7 Å². The van der Waals surface area contributed by atoms with Gasteiger partial charge in [-0.1, -0.05) is 38.1 Å². The number of nitrogens with one attached hydrogen (secondary N) is 1. The average molecular weight is 393 g/mol. The molecule has 1 heterocycles. The first-order valence-corrected chi connectivity index (χ1v) is 9.36. The van der Waals surface area contributed by atoms with E-state index in [0.717, 1.165) is 12.0 Å². The highest BCUT2D eigenvalue weighted by Crippen LogP contribution is 2.25. The number of amides is 3. The van der Waals surface area contributed by atoms with Crippen molar-refractivity contribution in [1.29, 1.82) is 0 Å². The topological polar surface area (TPSA) is 107 Å². The van der Waals surface area contributed by atoms with Gasteiger partial charge < -0.3 is 15.2 Å². The quantitative estimate of drug-likeness (QED) is 0.720. The van der Waals surface area contributed by atoms with Crippen LogP contribution < -0.4 is 10.4 Å². The van der Waals surface area contributed by atoms with Gasteiger partial charge in [0.05, 0.1) is 17.1 Å². The molecule has 0 atom stereocenters. The van der Waals surface area contributed by atoms with Crippen molar-refractivity contribution < 1.29 is 24.3 Å². The van der Waals surface area contributed by atoms with E-state index in [9.17, 15) is 24.3 Å². The summed E-state index contributed by atoms with van der Waals surface area (Å²) in [6.07, 6.45) is 0.718. The molecule has 0 radical (unpaired) electrons. The third-order valence-corrected chi connectivity index (χ3v) is 4.81. The summed E-state index contributed by atoms with van der Waals surface area (Å²) in [7, 11) is 0. The van der Waals surface area contributed by atoms with Crippen molar-refractivity contribution in [3.63, 3.8) is 0 Å². The van der Waals surface area contributed by atoms with Crippen molar-refractivity contribution in [2.24, 2.45) is 5.92 Å². The van der Waals surface area contributed by atoms with Crippen LogP contribution in [0.25, 0.3) is 0 Å². The van der Waals surface area contributed by atoms with Gasteiger partial charge in [-0.2, -0.15) is 0 Å². The van der Waals surface area contributed by atoms with E-state index in [1.165, 1.54) is 35.2 Å². The lowest BCUT2D eigenvalue weighted by Crippen LogP contribution is -2.31. The SMILES string of the molecule is CC(C)CCN1C(=O)c2ccc(C(=O)NCc3ccc(C(=O)[O-])cc3)cc2C1=O. The monoisotopic (exact) mass is 393 g/mol. The summed E-state index contributed by atoms with van der Waals surface area (Å²) >= 11 is 0. The van der Waals surface area contributed by atoms with Gasteiger partial charge >= 0.3 is 0 Å². The van der Waals surface area contributed by atoms with Crippen LogP contribution in [0.1, 0.15) is 67.3 Å². The highest BCUT2D eigenvalue weighted by molar-refractivity contribution is 6.22. The van der Waals surface area contributed by atoms with E-state index in [0.29, 0.717) is 18.0 Å². The summed E-state index contributed by atoms with van der Waals surface area (Å²) in [6, 6.07) is 10.5. The lowest BCUT2D eigenvalue weighted by molar-refractivity contribution is -0.255. The maximum atomic E-state index is 12.6. The number of carbonyl (C=O) groups is 4. The first-order chi connectivity index (χ1) is 13.8. The lowest BCUT2D eigenvalue weighted by Gasteiger charge is -2.14. The molecule has 0 aliphatic carbocycles. The third kappa shape index (κ3) is 4.34. The van der Waals surface area contributed by atoms with Gasteiger partial charge in [-0.3, -0.25) is 19.3 Å². The van der Waals surface area contributed by atoms with Gasteiger partial charge in [-0.25, -0.2) is 0 Å². The molecule has 2 aromatic rings. The van der Waals surface area contributed by atoms with Gasteiger partial charge in [0.1, 0.15) is 0 Å². The molecule has 7 nitrogen and oxygen atoms in total. The second kappa shape index (κ2) is 8.26. The fraction of sp³-hybridized carbons (Fsp3) is 0.273. The van der Waals surface area contributed by atoms with Crippen molar-refractivity contribution in [2.75, 3.05) is 6.54 Å². The van der Waals surface area contributed by atoms with Gasteiger partial charge in [0.2, 0.25) is 0 Å². The van der Waals surface area contributed by atoms with Gasteiger partial charge in [0.25, 0.3) is 17.7 Å². The molecular weight excluding hydrogens is 372 g/mol. The average Bonchev–Trinajstić information content (AvgIpc) is 2.94. The number of carboxylic acid groups (broad SMARTS) is 1. The molecule has 1 N–H and O–H groups in total. The van der Waals surface area contributed by atoms with Crippen LogP contribution in [0.2, 0.25) is 0 Å². The summed E-state index contributed by atoms with van der Waals surface area (Å²) in [5.74, 6) is -2.00. The minimum atomic E-state index is -1.26. The van der Waals surface area contributed by atoms with E-state index in [2.05, 4.69) is 5.32 Å². The van der Waals surface area contributed by atoms with Crippen LogP contribution in [0.15, 0.2) is 42.5 Å². The molecule has 3 amide bonds. The molecule has 0 aromatic heterocycles. The first kappa shape index (κ1) is 20.3. The zero-order valence-corrected chi connectivity index (χ0v) is 16.2. The Balaban J connectivity index is 1.68. The Kier molecular flexibility index (Phi) is 5.77. The van der Waals surface area contributed by atoms with Crippen LogP contribution >= 0.6 is 0 Å². The number of benzene rings is 2. The Bertz CT molecular complexity index is 979. The maximum absolute atomic E-state index is 12.6. The normalized spacial score (nSPS) is 13.0. The molecule has 1 aliphatic heterocycles. The molecule has 0 saturated carbocycles. The number of hydrogen-bond acceptors (Lipinski definition) is 5. The molecule has 0 saturated heterocycles. The van der Waals surface area contributed by atoms with Crippen molar-refractivity contribution in [3.8, 4) is 0 Å². The van der Waals surface area contributed by atoms with Gasteiger partial charge in [-0.15, -0.1) is 0 Å². The number of fused-ring (bicyclic) bond motifs is 1. The van der Waals surface area contributed by atoms with Crippen LogP contribution in [0.3, 0.4) is 0 Å². The van der Waals surface area contributed by atoms with E-state index in [1.54, 1.807) is 12.1 Å².